The Morgan fingerprint density at radius 3 is 2.52 bits per heavy atom. The molecule has 0 bridgehead atoms. The lowest BCUT2D eigenvalue weighted by atomic mass is 10.1. The van der Waals surface area contributed by atoms with Gasteiger partial charge >= 0.3 is 0 Å². The number of rotatable bonds is 5. The second-order valence-corrected chi connectivity index (χ2v) is 6.89. The van der Waals surface area contributed by atoms with Crippen molar-refractivity contribution >= 4 is 34.0 Å². The van der Waals surface area contributed by atoms with Crippen LogP contribution in [0.15, 0.2) is 48.5 Å². The minimum absolute atomic E-state index is 0.249. The third kappa shape index (κ3) is 4.32. The molecule has 2 aromatic carbocycles. The SMILES string of the molecule is COc1cccc(NC(=O)c2sc(NC(=O)c3ccccc3C)nc2C)c1. The predicted octanol–water partition coefficient (Wildman–Crippen LogP) is 4.27. The van der Waals surface area contributed by atoms with E-state index in [-0.39, 0.29) is 11.8 Å². The van der Waals surface area contributed by atoms with E-state index in [1.54, 1.807) is 44.4 Å². The summed E-state index contributed by atoms with van der Waals surface area (Å²) in [7, 11) is 1.57. The van der Waals surface area contributed by atoms with Crippen molar-refractivity contribution in [1.82, 2.24) is 4.98 Å². The number of anilines is 2. The standard InChI is InChI=1S/C20H19N3O3S/c1-12-7-4-5-10-16(12)18(24)23-20-21-13(2)17(27-20)19(25)22-14-8-6-9-15(11-14)26-3/h4-11H,1-3H3,(H,22,25)(H,21,23,24). The van der Waals surface area contributed by atoms with Crippen molar-refractivity contribution in [1.29, 1.82) is 0 Å². The summed E-state index contributed by atoms with van der Waals surface area (Å²) in [5.41, 5.74) is 2.63. The van der Waals surface area contributed by atoms with Gasteiger partial charge in [-0.05, 0) is 37.6 Å². The van der Waals surface area contributed by atoms with E-state index >= 15 is 0 Å². The third-order valence-corrected chi connectivity index (χ3v) is 5.01. The molecule has 0 atom stereocenters. The minimum atomic E-state index is -0.283. The van der Waals surface area contributed by atoms with Crippen LogP contribution in [-0.2, 0) is 0 Å². The van der Waals surface area contributed by atoms with E-state index in [4.69, 9.17) is 4.74 Å². The number of thiazole rings is 1. The van der Waals surface area contributed by atoms with Gasteiger partial charge in [-0.25, -0.2) is 4.98 Å². The summed E-state index contributed by atoms with van der Waals surface area (Å²) in [6, 6.07) is 14.4. The number of nitrogens with zero attached hydrogens (tertiary/aromatic N) is 1. The molecule has 0 saturated heterocycles. The van der Waals surface area contributed by atoms with Gasteiger partial charge in [0.25, 0.3) is 11.8 Å². The van der Waals surface area contributed by atoms with Gasteiger partial charge in [0.2, 0.25) is 0 Å². The number of ether oxygens (including phenoxy) is 1. The average Bonchev–Trinajstić information content (AvgIpc) is 3.02. The van der Waals surface area contributed by atoms with Crippen LogP contribution in [0.25, 0.3) is 0 Å². The van der Waals surface area contributed by atoms with Crippen LogP contribution in [0.1, 0.15) is 31.3 Å². The van der Waals surface area contributed by atoms with Gasteiger partial charge in [-0.1, -0.05) is 35.6 Å². The quantitative estimate of drug-likeness (QED) is 0.691. The number of benzene rings is 2. The summed E-state index contributed by atoms with van der Waals surface area (Å²) < 4.78 is 5.16. The molecule has 0 aliphatic rings. The van der Waals surface area contributed by atoms with E-state index in [9.17, 15) is 9.59 Å². The van der Waals surface area contributed by atoms with Crippen LogP contribution in [-0.4, -0.2) is 23.9 Å². The van der Waals surface area contributed by atoms with E-state index in [1.807, 2.05) is 25.1 Å². The number of aromatic nitrogens is 1. The molecular formula is C20H19N3O3S. The lowest BCUT2D eigenvalue weighted by molar-refractivity contribution is 0.101. The summed E-state index contributed by atoms with van der Waals surface area (Å²) in [4.78, 5) is 29.7. The number of carbonyl (C=O) groups excluding carboxylic acids is 2. The number of hydrogen-bond donors (Lipinski definition) is 2. The fourth-order valence-corrected chi connectivity index (χ4v) is 3.40. The molecule has 138 valence electrons. The van der Waals surface area contributed by atoms with Gasteiger partial charge in [0.15, 0.2) is 5.13 Å². The predicted molar refractivity (Wildman–Crippen MR) is 107 cm³/mol. The fraction of sp³-hybridized carbons (Fsp3) is 0.150. The molecule has 0 fully saturated rings. The van der Waals surface area contributed by atoms with Crippen LogP contribution in [0.2, 0.25) is 0 Å². The zero-order chi connectivity index (χ0) is 19.4. The summed E-state index contributed by atoms with van der Waals surface area (Å²) in [5, 5.41) is 5.97. The summed E-state index contributed by atoms with van der Waals surface area (Å²) >= 11 is 1.14. The molecule has 6 nitrogen and oxygen atoms in total. The summed E-state index contributed by atoms with van der Waals surface area (Å²) in [6.07, 6.45) is 0. The highest BCUT2D eigenvalue weighted by molar-refractivity contribution is 7.17. The normalized spacial score (nSPS) is 10.3. The van der Waals surface area contributed by atoms with Gasteiger partial charge in [0, 0.05) is 17.3 Å². The molecule has 0 unspecified atom stereocenters. The second-order valence-electron chi connectivity index (χ2n) is 5.89. The Morgan fingerprint density at radius 2 is 1.78 bits per heavy atom. The Kier molecular flexibility index (Phi) is 5.52. The molecule has 0 aliphatic heterocycles. The number of carbonyl (C=O) groups is 2. The topological polar surface area (TPSA) is 80.3 Å². The van der Waals surface area contributed by atoms with E-state index in [2.05, 4.69) is 15.6 Å². The highest BCUT2D eigenvalue weighted by atomic mass is 32.1. The molecule has 0 radical (unpaired) electrons. The zero-order valence-corrected chi connectivity index (χ0v) is 16.0. The van der Waals surface area contributed by atoms with Crippen LogP contribution < -0.4 is 15.4 Å². The van der Waals surface area contributed by atoms with Crippen molar-refractivity contribution < 1.29 is 14.3 Å². The zero-order valence-electron chi connectivity index (χ0n) is 15.2. The number of nitrogens with one attached hydrogen (secondary N) is 2. The average molecular weight is 381 g/mol. The molecule has 3 rings (SSSR count). The Morgan fingerprint density at radius 1 is 1.00 bits per heavy atom. The van der Waals surface area contributed by atoms with Gasteiger partial charge in [0.1, 0.15) is 10.6 Å². The fourth-order valence-electron chi connectivity index (χ4n) is 2.54. The first kappa shape index (κ1) is 18.6. The first-order valence-electron chi connectivity index (χ1n) is 8.27. The van der Waals surface area contributed by atoms with Crippen molar-refractivity contribution in [2.75, 3.05) is 17.7 Å². The molecule has 7 heteroatoms. The van der Waals surface area contributed by atoms with Gasteiger partial charge in [-0.15, -0.1) is 0 Å². The molecule has 0 spiro atoms. The molecule has 0 saturated carbocycles. The highest BCUT2D eigenvalue weighted by Crippen LogP contribution is 2.25. The minimum Gasteiger partial charge on any atom is -0.497 e. The maximum atomic E-state index is 12.6. The second kappa shape index (κ2) is 8.01. The van der Waals surface area contributed by atoms with Crippen molar-refractivity contribution in [3.05, 3.63) is 70.2 Å². The van der Waals surface area contributed by atoms with E-state index < -0.39 is 0 Å². The number of aryl methyl sites for hydroxylation is 2. The lowest BCUT2D eigenvalue weighted by Crippen LogP contribution is -2.13. The van der Waals surface area contributed by atoms with Gasteiger partial charge < -0.3 is 10.1 Å². The molecular weight excluding hydrogens is 362 g/mol. The maximum absolute atomic E-state index is 12.6. The van der Waals surface area contributed by atoms with Crippen LogP contribution in [0.5, 0.6) is 5.75 Å². The lowest BCUT2D eigenvalue weighted by Gasteiger charge is -2.06. The Bertz CT molecular complexity index is 998. The highest BCUT2D eigenvalue weighted by Gasteiger charge is 2.18. The summed E-state index contributed by atoms with van der Waals surface area (Å²) in [5.74, 6) is 0.122. The number of amides is 2. The first-order chi connectivity index (χ1) is 13.0. The molecule has 1 heterocycles. The van der Waals surface area contributed by atoms with Crippen molar-refractivity contribution in [3.8, 4) is 5.75 Å². The largest absolute Gasteiger partial charge is 0.497 e. The van der Waals surface area contributed by atoms with Crippen LogP contribution in [0.4, 0.5) is 10.8 Å². The Balaban J connectivity index is 1.74. The van der Waals surface area contributed by atoms with Crippen molar-refractivity contribution in [3.63, 3.8) is 0 Å². The van der Waals surface area contributed by atoms with Gasteiger partial charge in [-0.3, -0.25) is 14.9 Å². The monoisotopic (exact) mass is 381 g/mol. The molecule has 27 heavy (non-hydrogen) atoms. The number of hydrogen-bond acceptors (Lipinski definition) is 5. The maximum Gasteiger partial charge on any atom is 0.267 e. The Hall–Kier alpha value is -3.19. The summed E-state index contributed by atoms with van der Waals surface area (Å²) in [6.45, 7) is 3.61. The first-order valence-corrected chi connectivity index (χ1v) is 9.09. The van der Waals surface area contributed by atoms with Crippen molar-refractivity contribution in [2.24, 2.45) is 0 Å². The van der Waals surface area contributed by atoms with E-state index in [0.29, 0.717) is 32.7 Å². The van der Waals surface area contributed by atoms with E-state index in [1.165, 1.54) is 0 Å². The molecule has 2 N–H and O–H groups in total. The van der Waals surface area contributed by atoms with Gasteiger partial charge in [-0.2, -0.15) is 0 Å². The van der Waals surface area contributed by atoms with Crippen LogP contribution in [0, 0.1) is 13.8 Å². The van der Waals surface area contributed by atoms with Crippen LogP contribution >= 0.6 is 11.3 Å². The molecule has 3 aromatic rings. The van der Waals surface area contributed by atoms with Crippen molar-refractivity contribution in [2.45, 2.75) is 13.8 Å². The van der Waals surface area contributed by atoms with Crippen LogP contribution in [0.3, 0.4) is 0 Å². The number of methoxy groups -OCH3 is 1. The van der Waals surface area contributed by atoms with E-state index in [0.717, 1.165) is 16.9 Å². The molecule has 0 aliphatic carbocycles. The smallest absolute Gasteiger partial charge is 0.267 e. The van der Waals surface area contributed by atoms with Gasteiger partial charge in [0.05, 0.1) is 12.8 Å². The third-order valence-electron chi connectivity index (χ3n) is 3.94. The Labute approximate surface area is 161 Å². The molecule has 1 aromatic heterocycles. The molecule has 2 amide bonds.